The van der Waals surface area contributed by atoms with Crippen LogP contribution in [0.25, 0.3) is 0 Å². The molecule has 3 rings (SSSR count). The van der Waals surface area contributed by atoms with E-state index in [1.54, 1.807) is 6.92 Å². The van der Waals surface area contributed by atoms with Crippen molar-refractivity contribution in [2.45, 2.75) is 25.2 Å². The first kappa shape index (κ1) is 17.5. The maximum Gasteiger partial charge on any atom is 0.176 e. The first-order chi connectivity index (χ1) is 12.0. The summed E-state index contributed by atoms with van der Waals surface area (Å²) in [4.78, 5) is 26.8. The first-order valence-corrected chi connectivity index (χ1v) is 8.59. The van der Waals surface area contributed by atoms with E-state index in [4.69, 9.17) is 0 Å². The van der Waals surface area contributed by atoms with E-state index in [0.717, 1.165) is 5.56 Å². The summed E-state index contributed by atoms with van der Waals surface area (Å²) in [6.45, 7) is 3.35. The molecule has 0 bridgehead atoms. The fourth-order valence-electron chi connectivity index (χ4n) is 3.62. The Morgan fingerprint density at radius 1 is 1.00 bits per heavy atom. The van der Waals surface area contributed by atoms with Crippen LogP contribution in [0.1, 0.15) is 35.7 Å². The first-order valence-electron chi connectivity index (χ1n) is 8.59. The molecule has 25 heavy (non-hydrogen) atoms. The van der Waals surface area contributed by atoms with Gasteiger partial charge in [0.15, 0.2) is 5.78 Å². The Morgan fingerprint density at radius 2 is 1.60 bits per heavy atom. The van der Waals surface area contributed by atoms with Gasteiger partial charge in [-0.1, -0.05) is 30.3 Å². The van der Waals surface area contributed by atoms with Crippen LogP contribution in [0.2, 0.25) is 0 Å². The number of halogens is 1. The summed E-state index contributed by atoms with van der Waals surface area (Å²) in [5.41, 5.74) is 1.14. The molecule has 0 aromatic heterocycles. The predicted molar refractivity (Wildman–Crippen MR) is 95.2 cm³/mol. The molecule has 4 heteroatoms. The summed E-state index contributed by atoms with van der Waals surface area (Å²) >= 11 is 0. The lowest BCUT2D eigenvalue weighted by Crippen LogP contribution is -2.47. The Balaban J connectivity index is 1.67. The van der Waals surface area contributed by atoms with Crippen LogP contribution in [0, 0.1) is 5.82 Å². The summed E-state index contributed by atoms with van der Waals surface area (Å²) in [6.07, 6.45) is 1.42. The number of carbonyl (C=O) groups is 2. The van der Waals surface area contributed by atoms with Gasteiger partial charge in [0.05, 0.1) is 12.0 Å². The number of likely N-dealkylation sites (tertiary alicyclic amines) is 1. The topological polar surface area (TPSA) is 37.4 Å². The molecular weight excluding hydrogens is 317 g/mol. The van der Waals surface area contributed by atoms with Crippen molar-refractivity contribution in [2.24, 2.45) is 0 Å². The molecule has 1 aliphatic heterocycles. The molecule has 0 radical (unpaired) electrons. The number of hydrogen-bond donors (Lipinski definition) is 0. The number of hydrogen-bond acceptors (Lipinski definition) is 3. The molecular formula is C21H22FNO2. The zero-order valence-corrected chi connectivity index (χ0v) is 14.4. The normalized spacial score (nSPS) is 17.2. The second-order valence-corrected chi connectivity index (χ2v) is 6.71. The maximum atomic E-state index is 13.0. The molecule has 1 aliphatic rings. The minimum Gasteiger partial charge on any atom is -0.299 e. The number of carbonyl (C=O) groups excluding carboxylic acids is 2. The van der Waals surface area contributed by atoms with Crippen LogP contribution in [-0.2, 0) is 10.2 Å². The van der Waals surface area contributed by atoms with E-state index in [2.05, 4.69) is 4.90 Å². The summed E-state index contributed by atoms with van der Waals surface area (Å²) in [7, 11) is 0. The van der Waals surface area contributed by atoms with Crippen LogP contribution in [0.3, 0.4) is 0 Å². The third kappa shape index (κ3) is 3.69. The molecule has 0 atom stereocenters. The number of rotatable bonds is 5. The predicted octanol–water partition coefficient (Wildman–Crippen LogP) is 3.63. The van der Waals surface area contributed by atoms with E-state index < -0.39 is 5.41 Å². The lowest BCUT2D eigenvalue weighted by atomic mass is 9.70. The van der Waals surface area contributed by atoms with Gasteiger partial charge in [-0.2, -0.15) is 0 Å². The van der Waals surface area contributed by atoms with Crippen LogP contribution < -0.4 is 0 Å². The molecule has 1 fully saturated rings. The van der Waals surface area contributed by atoms with Gasteiger partial charge in [0, 0.05) is 5.56 Å². The van der Waals surface area contributed by atoms with Gasteiger partial charge in [-0.3, -0.25) is 14.5 Å². The van der Waals surface area contributed by atoms with Crippen LogP contribution in [-0.4, -0.2) is 36.1 Å². The second-order valence-electron chi connectivity index (χ2n) is 6.71. The molecule has 130 valence electrons. The van der Waals surface area contributed by atoms with Crippen molar-refractivity contribution in [1.29, 1.82) is 0 Å². The molecule has 0 unspecified atom stereocenters. The van der Waals surface area contributed by atoms with E-state index in [-0.39, 0.29) is 17.4 Å². The number of nitrogens with zero attached hydrogens (tertiary/aromatic N) is 1. The highest BCUT2D eigenvalue weighted by Crippen LogP contribution is 2.36. The van der Waals surface area contributed by atoms with Crippen LogP contribution in [0.5, 0.6) is 0 Å². The zero-order valence-electron chi connectivity index (χ0n) is 14.4. The highest BCUT2D eigenvalue weighted by Gasteiger charge is 2.40. The SMILES string of the molecule is CC(=O)C1(c2ccccc2)CCN(CC(=O)c2ccc(F)cc2)CC1. The Hall–Kier alpha value is -2.33. The molecule has 2 aromatic rings. The molecule has 1 saturated heterocycles. The van der Waals surface area contributed by atoms with Crippen LogP contribution in [0.4, 0.5) is 4.39 Å². The van der Waals surface area contributed by atoms with Crippen LogP contribution >= 0.6 is 0 Å². The minimum absolute atomic E-state index is 0.0185. The van der Waals surface area contributed by atoms with Crippen molar-refractivity contribution in [3.63, 3.8) is 0 Å². The van der Waals surface area contributed by atoms with Gasteiger partial charge in [-0.15, -0.1) is 0 Å². The molecule has 0 N–H and O–H groups in total. The van der Waals surface area contributed by atoms with Gasteiger partial charge in [0.1, 0.15) is 11.6 Å². The van der Waals surface area contributed by atoms with Crippen molar-refractivity contribution in [1.82, 2.24) is 4.90 Å². The monoisotopic (exact) mass is 339 g/mol. The molecule has 0 amide bonds. The molecule has 1 heterocycles. The fourth-order valence-corrected chi connectivity index (χ4v) is 3.62. The van der Waals surface area contributed by atoms with Crippen molar-refractivity contribution in [3.8, 4) is 0 Å². The second kappa shape index (κ2) is 7.28. The molecule has 0 aliphatic carbocycles. The quantitative estimate of drug-likeness (QED) is 0.781. The van der Waals surface area contributed by atoms with Gasteiger partial charge < -0.3 is 0 Å². The lowest BCUT2D eigenvalue weighted by Gasteiger charge is -2.40. The summed E-state index contributed by atoms with van der Waals surface area (Å²) < 4.78 is 13.0. The summed E-state index contributed by atoms with van der Waals surface area (Å²) in [5, 5.41) is 0. The minimum atomic E-state index is -0.448. The maximum absolute atomic E-state index is 13.0. The number of Topliss-reactive ketones (excluding diaryl/α,β-unsaturated/α-hetero) is 2. The van der Waals surface area contributed by atoms with E-state index in [1.807, 2.05) is 30.3 Å². The molecule has 0 spiro atoms. The van der Waals surface area contributed by atoms with E-state index in [1.165, 1.54) is 24.3 Å². The Bertz CT molecular complexity index is 747. The van der Waals surface area contributed by atoms with Gasteiger partial charge >= 0.3 is 0 Å². The Labute approximate surface area is 147 Å². The van der Waals surface area contributed by atoms with Crippen molar-refractivity contribution < 1.29 is 14.0 Å². The number of ketones is 2. The smallest absolute Gasteiger partial charge is 0.176 e. The van der Waals surface area contributed by atoms with Crippen molar-refractivity contribution >= 4 is 11.6 Å². The number of piperidine rings is 1. The molecule has 2 aromatic carbocycles. The van der Waals surface area contributed by atoms with E-state index in [9.17, 15) is 14.0 Å². The third-order valence-electron chi connectivity index (χ3n) is 5.24. The van der Waals surface area contributed by atoms with E-state index >= 15 is 0 Å². The Morgan fingerprint density at radius 3 is 2.16 bits per heavy atom. The third-order valence-corrected chi connectivity index (χ3v) is 5.24. The Kier molecular flexibility index (Phi) is 5.09. The van der Waals surface area contributed by atoms with Crippen molar-refractivity contribution in [2.75, 3.05) is 19.6 Å². The summed E-state index contributed by atoms with van der Waals surface area (Å²) in [5.74, 6) is -0.179. The molecule has 0 saturated carbocycles. The highest BCUT2D eigenvalue weighted by molar-refractivity contribution is 5.97. The molecule has 3 nitrogen and oxygen atoms in total. The lowest BCUT2D eigenvalue weighted by molar-refractivity contribution is -0.124. The number of benzene rings is 2. The zero-order chi connectivity index (χ0) is 17.9. The highest BCUT2D eigenvalue weighted by atomic mass is 19.1. The largest absolute Gasteiger partial charge is 0.299 e. The van der Waals surface area contributed by atoms with Crippen LogP contribution in [0.15, 0.2) is 54.6 Å². The fraction of sp³-hybridized carbons (Fsp3) is 0.333. The van der Waals surface area contributed by atoms with Gasteiger partial charge in [0.2, 0.25) is 0 Å². The standard InChI is InChI=1S/C21H22FNO2/c1-16(24)21(18-5-3-2-4-6-18)11-13-23(14-12-21)15-20(25)17-7-9-19(22)10-8-17/h2-10H,11-15H2,1H3. The average molecular weight is 339 g/mol. The average Bonchev–Trinajstić information content (AvgIpc) is 2.63. The van der Waals surface area contributed by atoms with Gasteiger partial charge in [0.25, 0.3) is 0 Å². The van der Waals surface area contributed by atoms with Gasteiger partial charge in [-0.05, 0) is 62.7 Å². The van der Waals surface area contributed by atoms with Gasteiger partial charge in [-0.25, -0.2) is 4.39 Å². The van der Waals surface area contributed by atoms with E-state index in [0.29, 0.717) is 38.0 Å². The summed E-state index contributed by atoms with van der Waals surface area (Å²) in [6, 6.07) is 15.6. The van der Waals surface area contributed by atoms with Crippen molar-refractivity contribution in [3.05, 3.63) is 71.5 Å².